The molecular formula is C15H20ClN3. The molecule has 1 heterocycles. The summed E-state index contributed by atoms with van der Waals surface area (Å²) in [5.74, 6) is 1.62. The Hall–Kier alpha value is -1.06. The van der Waals surface area contributed by atoms with Crippen molar-refractivity contribution in [2.75, 3.05) is 13.1 Å². The van der Waals surface area contributed by atoms with E-state index in [9.17, 15) is 0 Å². The van der Waals surface area contributed by atoms with Crippen molar-refractivity contribution >= 4 is 22.6 Å². The van der Waals surface area contributed by atoms with Gasteiger partial charge in [0.05, 0.1) is 11.0 Å². The van der Waals surface area contributed by atoms with Crippen LogP contribution in [0.4, 0.5) is 0 Å². The van der Waals surface area contributed by atoms with Crippen LogP contribution < -0.4 is 5.32 Å². The first-order valence-electron chi connectivity index (χ1n) is 7.08. The molecule has 1 atom stereocenters. The average molecular weight is 278 g/mol. The van der Waals surface area contributed by atoms with Gasteiger partial charge in [0.15, 0.2) is 0 Å². The molecule has 1 aliphatic rings. The van der Waals surface area contributed by atoms with E-state index >= 15 is 0 Å². The first-order valence-corrected chi connectivity index (χ1v) is 7.46. The van der Waals surface area contributed by atoms with Gasteiger partial charge in [0, 0.05) is 23.5 Å². The molecule has 1 fully saturated rings. The average Bonchev–Trinajstić information content (AvgIpc) is 3.17. The van der Waals surface area contributed by atoms with E-state index in [2.05, 4.69) is 23.7 Å². The van der Waals surface area contributed by atoms with Crippen molar-refractivity contribution in [1.82, 2.24) is 14.9 Å². The topological polar surface area (TPSA) is 29.9 Å². The highest BCUT2D eigenvalue weighted by Crippen LogP contribution is 2.40. The maximum atomic E-state index is 6.13. The molecule has 1 aliphatic carbocycles. The molecule has 1 aromatic heterocycles. The van der Waals surface area contributed by atoms with Crippen molar-refractivity contribution in [3.05, 3.63) is 29.0 Å². The molecule has 0 bridgehead atoms. The number of imidazole rings is 1. The summed E-state index contributed by atoms with van der Waals surface area (Å²) in [6, 6.07) is 6.63. The third kappa shape index (κ3) is 2.49. The first-order chi connectivity index (χ1) is 9.20. The van der Waals surface area contributed by atoms with E-state index in [1.807, 2.05) is 18.2 Å². The van der Waals surface area contributed by atoms with E-state index in [1.54, 1.807) is 0 Å². The molecular weight excluding hydrogens is 258 g/mol. The van der Waals surface area contributed by atoms with Crippen molar-refractivity contribution in [2.45, 2.75) is 38.6 Å². The second-order valence-corrected chi connectivity index (χ2v) is 5.85. The Morgan fingerprint density at radius 3 is 2.95 bits per heavy atom. The fourth-order valence-corrected chi connectivity index (χ4v) is 2.77. The molecule has 2 aromatic rings. The van der Waals surface area contributed by atoms with Gasteiger partial charge in [-0.2, -0.15) is 0 Å². The monoisotopic (exact) mass is 277 g/mol. The molecule has 0 amide bonds. The van der Waals surface area contributed by atoms with Gasteiger partial charge in [-0.25, -0.2) is 4.98 Å². The van der Waals surface area contributed by atoms with Crippen LogP contribution in [-0.2, 0) is 0 Å². The van der Waals surface area contributed by atoms with Gasteiger partial charge in [-0.1, -0.05) is 25.4 Å². The molecule has 1 unspecified atom stereocenters. The Bertz CT molecular complexity index is 586. The minimum atomic E-state index is 0.423. The SMILES string of the molecule is CCNCC(C)c1nc2ccc(Cl)cc2n1C1CC1. The molecule has 4 heteroatoms. The fraction of sp³-hybridized carbons (Fsp3) is 0.533. The molecule has 1 N–H and O–H groups in total. The zero-order valence-electron chi connectivity index (χ0n) is 11.5. The summed E-state index contributed by atoms with van der Waals surface area (Å²) in [6.07, 6.45) is 2.53. The molecule has 0 aliphatic heterocycles. The molecule has 3 rings (SSSR count). The predicted molar refractivity (Wildman–Crippen MR) is 80.0 cm³/mol. The number of likely N-dealkylation sites (N-methyl/N-ethyl adjacent to an activating group) is 1. The summed E-state index contributed by atoms with van der Waals surface area (Å²) in [5, 5.41) is 4.20. The van der Waals surface area contributed by atoms with Gasteiger partial charge in [-0.05, 0) is 37.6 Å². The lowest BCUT2D eigenvalue weighted by atomic mass is 10.1. The molecule has 102 valence electrons. The zero-order chi connectivity index (χ0) is 13.4. The second kappa shape index (κ2) is 5.14. The Morgan fingerprint density at radius 1 is 1.47 bits per heavy atom. The number of nitrogens with zero attached hydrogens (tertiary/aromatic N) is 2. The standard InChI is InChI=1S/C15H20ClN3/c1-3-17-9-10(2)15-18-13-7-4-11(16)8-14(13)19(15)12-5-6-12/h4,7-8,10,12,17H,3,5-6,9H2,1-2H3. The summed E-state index contributed by atoms with van der Waals surface area (Å²) >= 11 is 6.13. The largest absolute Gasteiger partial charge is 0.325 e. The third-order valence-corrected chi connectivity index (χ3v) is 3.97. The van der Waals surface area contributed by atoms with Crippen LogP contribution in [0.1, 0.15) is 44.5 Å². The summed E-state index contributed by atoms with van der Waals surface area (Å²) in [7, 11) is 0. The van der Waals surface area contributed by atoms with Crippen LogP contribution in [0.25, 0.3) is 11.0 Å². The van der Waals surface area contributed by atoms with Crippen LogP contribution in [0.5, 0.6) is 0 Å². The van der Waals surface area contributed by atoms with Crippen LogP contribution in [-0.4, -0.2) is 22.6 Å². The normalized spacial score (nSPS) is 17.0. The molecule has 0 spiro atoms. The lowest BCUT2D eigenvalue weighted by Gasteiger charge is -2.14. The highest BCUT2D eigenvalue weighted by Gasteiger charge is 2.29. The van der Waals surface area contributed by atoms with Crippen molar-refractivity contribution < 1.29 is 0 Å². The van der Waals surface area contributed by atoms with E-state index in [0.29, 0.717) is 12.0 Å². The number of hydrogen-bond donors (Lipinski definition) is 1. The Kier molecular flexibility index (Phi) is 3.50. The number of rotatable bonds is 5. The highest BCUT2D eigenvalue weighted by molar-refractivity contribution is 6.31. The maximum absolute atomic E-state index is 6.13. The van der Waals surface area contributed by atoms with Crippen LogP contribution in [0.15, 0.2) is 18.2 Å². The molecule has 19 heavy (non-hydrogen) atoms. The summed E-state index contributed by atoms with van der Waals surface area (Å²) in [6.45, 7) is 6.35. The quantitative estimate of drug-likeness (QED) is 0.902. The number of halogens is 1. The molecule has 3 nitrogen and oxygen atoms in total. The lowest BCUT2D eigenvalue weighted by Crippen LogP contribution is -2.21. The van der Waals surface area contributed by atoms with Crippen molar-refractivity contribution in [3.63, 3.8) is 0 Å². The van der Waals surface area contributed by atoms with Gasteiger partial charge in [-0.15, -0.1) is 0 Å². The van der Waals surface area contributed by atoms with Crippen LogP contribution in [0.2, 0.25) is 5.02 Å². The number of nitrogens with one attached hydrogen (secondary N) is 1. The first kappa shape index (κ1) is 12.9. The minimum absolute atomic E-state index is 0.423. The Balaban J connectivity index is 2.05. The van der Waals surface area contributed by atoms with Gasteiger partial charge in [0.1, 0.15) is 5.82 Å². The van der Waals surface area contributed by atoms with Gasteiger partial charge in [-0.3, -0.25) is 0 Å². The van der Waals surface area contributed by atoms with Gasteiger partial charge in [0.2, 0.25) is 0 Å². The van der Waals surface area contributed by atoms with Gasteiger partial charge >= 0.3 is 0 Å². The summed E-state index contributed by atoms with van der Waals surface area (Å²) < 4.78 is 2.41. The number of benzene rings is 1. The second-order valence-electron chi connectivity index (χ2n) is 5.41. The predicted octanol–water partition coefficient (Wildman–Crippen LogP) is 3.74. The third-order valence-electron chi connectivity index (χ3n) is 3.73. The van der Waals surface area contributed by atoms with E-state index in [1.165, 1.54) is 24.2 Å². The smallest absolute Gasteiger partial charge is 0.114 e. The van der Waals surface area contributed by atoms with Crippen LogP contribution in [0.3, 0.4) is 0 Å². The van der Waals surface area contributed by atoms with Crippen LogP contribution in [0, 0.1) is 0 Å². The Morgan fingerprint density at radius 2 is 2.26 bits per heavy atom. The fourth-order valence-electron chi connectivity index (χ4n) is 2.60. The van der Waals surface area contributed by atoms with Gasteiger partial charge < -0.3 is 9.88 Å². The Labute approximate surface area is 119 Å². The van der Waals surface area contributed by atoms with Gasteiger partial charge in [0.25, 0.3) is 0 Å². The van der Waals surface area contributed by atoms with Crippen molar-refractivity contribution in [1.29, 1.82) is 0 Å². The van der Waals surface area contributed by atoms with E-state index in [0.717, 1.165) is 23.6 Å². The number of hydrogen-bond acceptors (Lipinski definition) is 2. The van der Waals surface area contributed by atoms with E-state index in [4.69, 9.17) is 16.6 Å². The number of fused-ring (bicyclic) bond motifs is 1. The van der Waals surface area contributed by atoms with E-state index < -0.39 is 0 Å². The highest BCUT2D eigenvalue weighted by atomic mass is 35.5. The summed E-state index contributed by atoms with van der Waals surface area (Å²) in [4.78, 5) is 4.83. The molecule has 1 aromatic carbocycles. The molecule has 0 radical (unpaired) electrons. The van der Waals surface area contributed by atoms with Crippen molar-refractivity contribution in [2.24, 2.45) is 0 Å². The summed E-state index contributed by atoms with van der Waals surface area (Å²) in [5.41, 5.74) is 2.25. The number of aromatic nitrogens is 2. The minimum Gasteiger partial charge on any atom is -0.325 e. The zero-order valence-corrected chi connectivity index (χ0v) is 12.2. The molecule has 1 saturated carbocycles. The van der Waals surface area contributed by atoms with E-state index in [-0.39, 0.29) is 0 Å². The van der Waals surface area contributed by atoms with Crippen LogP contribution >= 0.6 is 11.6 Å². The molecule has 0 saturated heterocycles. The van der Waals surface area contributed by atoms with Crippen molar-refractivity contribution in [3.8, 4) is 0 Å². The lowest BCUT2D eigenvalue weighted by molar-refractivity contribution is 0.573. The maximum Gasteiger partial charge on any atom is 0.114 e.